The molecular formula is C12H10N2O4. The Morgan fingerprint density at radius 2 is 2.17 bits per heavy atom. The van der Waals surface area contributed by atoms with E-state index in [1.807, 2.05) is 0 Å². The molecule has 0 bridgehead atoms. The van der Waals surface area contributed by atoms with Gasteiger partial charge in [0.2, 0.25) is 5.91 Å². The fourth-order valence-corrected chi connectivity index (χ4v) is 1.45. The summed E-state index contributed by atoms with van der Waals surface area (Å²) in [5.41, 5.74) is 1.79. The number of aliphatic carboxylic acids is 1. The molecule has 1 amide bonds. The summed E-state index contributed by atoms with van der Waals surface area (Å²) in [6, 6.07) is 4.99. The average molecular weight is 246 g/mol. The van der Waals surface area contributed by atoms with Crippen LogP contribution in [0, 0.1) is 6.92 Å². The molecule has 0 atom stereocenters. The van der Waals surface area contributed by atoms with Gasteiger partial charge in [-0.05, 0) is 18.2 Å². The van der Waals surface area contributed by atoms with Gasteiger partial charge in [0.15, 0.2) is 11.5 Å². The Bertz CT molecular complexity index is 643. The molecule has 0 aliphatic carbocycles. The summed E-state index contributed by atoms with van der Waals surface area (Å²) in [7, 11) is 0. The number of carboxylic acid groups (broad SMARTS) is 1. The molecular weight excluding hydrogens is 236 g/mol. The first-order chi connectivity index (χ1) is 8.54. The molecule has 2 rings (SSSR count). The molecule has 6 nitrogen and oxygen atoms in total. The lowest BCUT2D eigenvalue weighted by molar-refractivity contribution is -0.131. The molecule has 92 valence electrons. The molecule has 2 aromatic rings. The van der Waals surface area contributed by atoms with Gasteiger partial charge in [-0.2, -0.15) is 0 Å². The van der Waals surface area contributed by atoms with Gasteiger partial charge in [-0.15, -0.1) is 0 Å². The van der Waals surface area contributed by atoms with E-state index in [9.17, 15) is 9.59 Å². The molecule has 0 saturated carbocycles. The average Bonchev–Trinajstić information content (AvgIpc) is 2.66. The second kappa shape index (κ2) is 4.70. The first-order valence-corrected chi connectivity index (χ1v) is 5.14. The molecule has 0 aliphatic rings. The Labute approximate surface area is 102 Å². The highest BCUT2D eigenvalue weighted by atomic mass is 16.4. The largest absolute Gasteiger partial charge is 0.478 e. The van der Waals surface area contributed by atoms with Crippen molar-refractivity contribution >= 4 is 28.7 Å². The minimum absolute atomic E-state index is 0.517. The predicted octanol–water partition coefficient (Wildman–Crippen LogP) is 1.72. The van der Waals surface area contributed by atoms with Crippen LogP contribution >= 0.6 is 0 Å². The van der Waals surface area contributed by atoms with Crippen LogP contribution in [0.1, 0.15) is 5.89 Å². The molecule has 0 spiro atoms. The fraction of sp³-hybridized carbons (Fsp3) is 0.0833. The first-order valence-electron chi connectivity index (χ1n) is 5.14. The number of aryl methyl sites for hydroxylation is 1. The van der Waals surface area contributed by atoms with E-state index in [4.69, 9.17) is 9.52 Å². The van der Waals surface area contributed by atoms with Gasteiger partial charge in [-0.1, -0.05) is 0 Å². The monoisotopic (exact) mass is 246 g/mol. The smallest absolute Gasteiger partial charge is 0.328 e. The first kappa shape index (κ1) is 11.8. The molecule has 1 aromatic carbocycles. The summed E-state index contributed by atoms with van der Waals surface area (Å²) in [5.74, 6) is -1.15. The third-order valence-electron chi connectivity index (χ3n) is 2.14. The van der Waals surface area contributed by atoms with Crippen LogP contribution < -0.4 is 5.32 Å². The van der Waals surface area contributed by atoms with Crippen molar-refractivity contribution < 1.29 is 19.1 Å². The van der Waals surface area contributed by atoms with Gasteiger partial charge in [0.25, 0.3) is 0 Å². The molecule has 18 heavy (non-hydrogen) atoms. The number of hydrogen-bond donors (Lipinski definition) is 2. The van der Waals surface area contributed by atoms with E-state index in [0.29, 0.717) is 22.7 Å². The van der Waals surface area contributed by atoms with Gasteiger partial charge in [0.05, 0.1) is 0 Å². The van der Waals surface area contributed by atoms with Crippen LogP contribution in [0.25, 0.3) is 11.1 Å². The second-order valence-corrected chi connectivity index (χ2v) is 3.58. The van der Waals surface area contributed by atoms with E-state index in [-0.39, 0.29) is 0 Å². The predicted molar refractivity (Wildman–Crippen MR) is 64.2 cm³/mol. The Kier molecular flexibility index (Phi) is 3.09. The van der Waals surface area contributed by atoms with Crippen LogP contribution in [0.4, 0.5) is 5.69 Å². The van der Waals surface area contributed by atoms with Crippen molar-refractivity contribution in [2.45, 2.75) is 6.92 Å². The number of amides is 1. The molecule has 0 saturated heterocycles. The summed E-state index contributed by atoms with van der Waals surface area (Å²) in [5, 5.41) is 10.9. The molecule has 0 fully saturated rings. The molecule has 2 N–H and O–H groups in total. The summed E-state index contributed by atoms with van der Waals surface area (Å²) in [6.07, 6.45) is 1.72. The molecule has 1 heterocycles. The number of nitrogens with one attached hydrogen (secondary N) is 1. The third kappa shape index (κ3) is 2.73. The number of oxazole rings is 1. The zero-order chi connectivity index (χ0) is 13.1. The number of fused-ring (bicyclic) bond motifs is 1. The Morgan fingerprint density at radius 1 is 1.39 bits per heavy atom. The number of hydrogen-bond acceptors (Lipinski definition) is 4. The van der Waals surface area contributed by atoms with Crippen molar-refractivity contribution in [3.8, 4) is 0 Å². The zero-order valence-corrected chi connectivity index (χ0v) is 9.51. The number of carbonyl (C=O) groups excluding carboxylic acids is 1. The van der Waals surface area contributed by atoms with E-state index >= 15 is 0 Å². The molecule has 0 unspecified atom stereocenters. The van der Waals surface area contributed by atoms with E-state index < -0.39 is 11.9 Å². The van der Waals surface area contributed by atoms with Crippen molar-refractivity contribution in [3.05, 3.63) is 36.2 Å². The summed E-state index contributed by atoms with van der Waals surface area (Å²) in [6.45, 7) is 1.73. The zero-order valence-electron chi connectivity index (χ0n) is 9.51. The molecule has 1 aromatic heterocycles. The molecule has 0 aliphatic heterocycles. The van der Waals surface area contributed by atoms with Gasteiger partial charge < -0.3 is 14.8 Å². The van der Waals surface area contributed by atoms with E-state index in [2.05, 4.69) is 10.3 Å². The van der Waals surface area contributed by atoms with Crippen molar-refractivity contribution in [1.29, 1.82) is 0 Å². The van der Waals surface area contributed by atoms with Crippen LogP contribution in [0.2, 0.25) is 0 Å². The van der Waals surface area contributed by atoms with Crippen LogP contribution in [0.15, 0.2) is 34.8 Å². The van der Waals surface area contributed by atoms with Crippen LogP contribution in [-0.2, 0) is 9.59 Å². The lowest BCUT2D eigenvalue weighted by atomic mass is 10.3. The van der Waals surface area contributed by atoms with E-state index in [1.54, 1.807) is 25.1 Å². The van der Waals surface area contributed by atoms with Crippen LogP contribution in [0.3, 0.4) is 0 Å². The topological polar surface area (TPSA) is 92.4 Å². The Morgan fingerprint density at radius 3 is 2.89 bits per heavy atom. The highest BCUT2D eigenvalue weighted by Gasteiger charge is 2.04. The van der Waals surface area contributed by atoms with Crippen molar-refractivity contribution in [2.24, 2.45) is 0 Å². The number of benzene rings is 1. The van der Waals surface area contributed by atoms with Crippen LogP contribution in [-0.4, -0.2) is 22.0 Å². The maximum Gasteiger partial charge on any atom is 0.328 e. The van der Waals surface area contributed by atoms with E-state index in [1.165, 1.54) is 0 Å². The summed E-state index contributed by atoms with van der Waals surface area (Å²) in [4.78, 5) is 25.7. The summed E-state index contributed by atoms with van der Waals surface area (Å²) < 4.78 is 5.29. The van der Waals surface area contributed by atoms with E-state index in [0.717, 1.165) is 12.2 Å². The van der Waals surface area contributed by atoms with Gasteiger partial charge in [0, 0.05) is 24.8 Å². The standard InChI is InChI=1S/C12H10N2O4/c1-7-13-9-6-8(2-3-10(9)18-7)14-11(15)4-5-12(16)17/h2-6H,1H3,(H,14,15)(H,16,17)/b5-4+. The lowest BCUT2D eigenvalue weighted by Crippen LogP contribution is -2.08. The fourth-order valence-electron chi connectivity index (χ4n) is 1.45. The SMILES string of the molecule is Cc1nc2cc(NC(=O)/C=C/C(=O)O)ccc2o1. The van der Waals surface area contributed by atoms with Gasteiger partial charge >= 0.3 is 5.97 Å². The Balaban J connectivity index is 2.16. The molecule has 0 radical (unpaired) electrons. The number of aromatic nitrogens is 1. The number of nitrogens with zero attached hydrogens (tertiary/aromatic N) is 1. The number of carboxylic acids is 1. The Hall–Kier alpha value is -2.63. The quantitative estimate of drug-likeness (QED) is 0.804. The lowest BCUT2D eigenvalue weighted by Gasteiger charge is -2.00. The van der Waals surface area contributed by atoms with Crippen molar-refractivity contribution in [2.75, 3.05) is 5.32 Å². The second-order valence-electron chi connectivity index (χ2n) is 3.58. The normalized spacial score (nSPS) is 10.9. The van der Waals surface area contributed by atoms with Crippen LogP contribution in [0.5, 0.6) is 0 Å². The van der Waals surface area contributed by atoms with Crippen molar-refractivity contribution in [3.63, 3.8) is 0 Å². The van der Waals surface area contributed by atoms with Gasteiger partial charge in [-0.3, -0.25) is 4.79 Å². The summed E-state index contributed by atoms with van der Waals surface area (Å²) >= 11 is 0. The maximum absolute atomic E-state index is 11.4. The highest BCUT2D eigenvalue weighted by molar-refractivity contribution is 6.02. The minimum Gasteiger partial charge on any atom is -0.478 e. The number of carbonyl (C=O) groups is 2. The number of rotatable bonds is 3. The highest BCUT2D eigenvalue weighted by Crippen LogP contribution is 2.19. The minimum atomic E-state index is -1.17. The molecule has 6 heteroatoms. The van der Waals surface area contributed by atoms with Gasteiger partial charge in [-0.25, -0.2) is 9.78 Å². The number of anilines is 1. The van der Waals surface area contributed by atoms with Crippen molar-refractivity contribution in [1.82, 2.24) is 4.98 Å². The van der Waals surface area contributed by atoms with Gasteiger partial charge in [0.1, 0.15) is 5.52 Å². The maximum atomic E-state index is 11.4. The third-order valence-corrected chi connectivity index (χ3v) is 2.14.